The van der Waals surface area contributed by atoms with Gasteiger partial charge < -0.3 is 4.90 Å². The van der Waals surface area contributed by atoms with Crippen LogP contribution in [0.5, 0.6) is 0 Å². The molecule has 0 aromatic carbocycles. The van der Waals surface area contributed by atoms with Gasteiger partial charge in [0.25, 0.3) is 0 Å². The Kier molecular flexibility index (Phi) is 4.06. The molecule has 1 aliphatic carbocycles. The average molecular weight is 325 g/mol. The fraction of sp³-hybridized carbons (Fsp3) is 0.500. The molecule has 0 spiro atoms. The second-order valence-corrected chi connectivity index (χ2v) is 6.86. The minimum atomic E-state index is 0.166. The highest BCUT2D eigenvalue weighted by molar-refractivity contribution is 5.83. The molecule has 2 atom stereocenters. The van der Waals surface area contributed by atoms with E-state index in [2.05, 4.69) is 21.0 Å². The van der Waals surface area contributed by atoms with E-state index in [4.69, 9.17) is 0 Å². The molecule has 1 aliphatic heterocycles. The fourth-order valence-corrected chi connectivity index (χ4v) is 3.58. The number of pyridine rings is 1. The van der Waals surface area contributed by atoms with Crippen LogP contribution >= 0.6 is 0 Å². The molecule has 0 unspecified atom stereocenters. The summed E-state index contributed by atoms with van der Waals surface area (Å²) in [6, 6.07) is 4.08. The van der Waals surface area contributed by atoms with Crippen LogP contribution in [-0.4, -0.2) is 56.7 Å². The zero-order valence-electron chi connectivity index (χ0n) is 14.0. The first-order valence-corrected chi connectivity index (χ1v) is 8.59. The van der Waals surface area contributed by atoms with Gasteiger partial charge in [0.05, 0.1) is 6.20 Å². The number of hydrogen-bond donors (Lipinski definition) is 0. The third-order valence-electron chi connectivity index (χ3n) is 5.07. The van der Waals surface area contributed by atoms with Crippen molar-refractivity contribution in [3.8, 4) is 0 Å². The Bertz CT molecular complexity index is 705. The summed E-state index contributed by atoms with van der Waals surface area (Å²) >= 11 is 0. The molecular formula is C18H23N5O. The van der Waals surface area contributed by atoms with Gasteiger partial charge in [-0.3, -0.25) is 19.4 Å². The van der Waals surface area contributed by atoms with Crippen molar-refractivity contribution in [2.75, 3.05) is 26.2 Å². The highest BCUT2D eigenvalue weighted by Gasteiger charge is 2.46. The zero-order chi connectivity index (χ0) is 16.5. The van der Waals surface area contributed by atoms with Crippen LogP contribution in [0.4, 0.5) is 0 Å². The van der Waals surface area contributed by atoms with E-state index in [0.717, 1.165) is 39.1 Å². The number of rotatable bonds is 4. The molecule has 0 N–H and O–H groups in total. The molecular weight excluding hydrogens is 302 g/mol. The number of aromatic nitrogens is 3. The lowest BCUT2D eigenvalue weighted by atomic mass is 10.1. The van der Waals surface area contributed by atoms with Gasteiger partial charge in [-0.25, -0.2) is 0 Å². The minimum Gasteiger partial charge on any atom is -0.340 e. The van der Waals surface area contributed by atoms with E-state index in [1.54, 1.807) is 6.20 Å². The van der Waals surface area contributed by atoms with Crippen LogP contribution < -0.4 is 0 Å². The summed E-state index contributed by atoms with van der Waals surface area (Å²) in [5.41, 5.74) is 2.43. The number of piperazine rings is 1. The lowest BCUT2D eigenvalue weighted by Crippen LogP contribution is -2.48. The van der Waals surface area contributed by atoms with E-state index in [0.29, 0.717) is 11.8 Å². The Balaban J connectivity index is 1.28. The van der Waals surface area contributed by atoms with Gasteiger partial charge in [-0.1, -0.05) is 6.07 Å². The van der Waals surface area contributed by atoms with Gasteiger partial charge in [0.1, 0.15) is 0 Å². The minimum absolute atomic E-state index is 0.166. The summed E-state index contributed by atoms with van der Waals surface area (Å²) < 4.78 is 1.81. The number of nitrogens with zero attached hydrogens (tertiary/aromatic N) is 5. The molecule has 6 heteroatoms. The monoisotopic (exact) mass is 325 g/mol. The maximum absolute atomic E-state index is 12.7. The van der Waals surface area contributed by atoms with E-state index in [1.807, 2.05) is 41.3 Å². The van der Waals surface area contributed by atoms with E-state index < -0.39 is 0 Å². The molecule has 1 amide bonds. The van der Waals surface area contributed by atoms with Crippen molar-refractivity contribution in [3.63, 3.8) is 0 Å². The summed E-state index contributed by atoms with van der Waals surface area (Å²) in [5.74, 6) is 0.864. The summed E-state index contributed by atoms with van der Waals surface area (Å²) in [5, 5.41) is 4.21. The van der Waals surface area contributed by atoms with Crippen LogP contribution in [0.1, 0.15) is 23.5 Å². The highest BCUT2D eigenvalue weighted by Crippen LogP contribution is 2.48. The van der Waals surface area contributed by atoms with Crippen molar-refractivity contribution in [1.29, 1.82) is 0 Å². The largest absolute Gasteiger partial charge is 0.340 e. The lowest BCUT2D eigenvalue weighted by molar-refractivity contribution is -0.134. The van der Waals surface area contributed by atoms with Gasteiger partial charge in [-0.15, -0.1) is 0 Å². The van der Waals surface area contributed by atoms with Crippen LogP contribution in [0, 0.1) is 5.92 Å². The lowest BCUT2D eigenvalue weighted by Gasteiger charge is -2.35. The summed E-state index contributed by atoms with van der Waals surface area (Å²) in [6.07, 6.45) is 8.61. The summed E-state index contributed by atoms with van der Waals surface area (Å²) in [7, 11) is 1.92. The number of hydrogen-bond acceptors (Lipinski definition) is 4. The second-order valence-electron chi connectivity index (χ2n) is 6.86. The molecule has 2 fully saturated rings. The molecule has 0 bridgehead atoms. The van der Waals surface area contributed by atoms with E-state index in [-0.39, 0.29) is 5.92 Å². The van der Waals surface area contributed by atoms with Crippen LogP contribution in [0.3, 0.4) is 0 Å². The van der Waals surface area contributed by atoms with Crippen molar-refractivity contribution in [3.05, 3.63) is 48.0 Å². The SMILES string of the molecule is Cn1cc([C@@H]2C[C@@H]2C(=O)N2CCN(Cc3cccnc3)CC2)cn1. The van der Waals surface area contributed by atoms with Crippen LogP contribution in [0.15, 0.2) is 36.9 Å². The zero-order valence-corrected chi connectivity index (χ0v) is 14.0. The van der Waals surface area contributed by atoms with Gasteiger partial charge in [0.2, 0.25) is 5.91 Å². The van der Waals surface area contributed by atoms with E-state index in [9.17, 15) is 4.79 Å². The van der Waals surface area contributed by atoms with Crippen molar-refractivity contribution in [1.82, 2.24) is 24.6 Å². The Morgan fingerprint density at radius 3 is 2.75 bits per heavy atom. The Hall–Kier alpha value is -2.21. The molecule has 1 saturated heterocycles. The molecule has 0 radical (unpaired) electrons. The maximum atomic E-state index is 12.7. The Morgan fingerprint density at radius 2 is 2.08 bits per heavy atom. The van der Waals surface area contributed by atoms with Crippen molar-refractivity contribution in [2.24, 2.45) is 13.0 Å². The smallest absolute Gasteiger partial charge is 0.226 e. The second kappa shape index (κ2) is 6.36. The third kappa shape index (κ3) is 3.19. The van der Waals surface area contributed by atoms with Gasteiger partial charge in [0, 0.05) is 64.3 Å². The van der Waals surface area contributed by atoms with Crippen LogP contribution in [0.25, 0.3) is 0 Å². The molecule has 3 heterocycles. The van der Waals surface area contributed by atoms with Crippen molar-refractivity contribution < 1.29 is 4.79 Å². The molecule has 24 heavy (non-hydrogen) atoms. The Labute approximate surface area is 142 Å². The quantitative estimate of drug-likeness (QED) is 0.849. The van der Waals surface area contributed by atoms with Crippen molar-refractivity contribution >= 4 is 5.91 Å². The maximum Gasteiger partial charge on any atom is 0.226 e. The summed E-state index contributed by atoms with van der Waals surface area (Å²) in [4.78, 5) is 21.3. The van der Waals surface area contributed by atoms with Gasteiger partial charge in [-0.2, -0.15) is 5.10 Å². The molecule has 2 aromatic heterocycles. The van der Waals surface area contributed by atoms with Gasteiger partial charge in [0.15, 0.2) is 0 Å². The Morgan fingerprint density at radius 1 is 1.25 bits per heavy atom. The van der Waals surface area contributed by atoms with E-state index in [1.165, 1.54) is 11.1 Å². The fourth-order valence-electron chi connectivity index (χ4n) is 3.58. The third-order valence-corrected chi connectivity index (χ3v) is 5.07. The van der Waals surface area contributed by atoms with Crippen LogP contribution in [-0.2, 0) is 18.4 Å². The van der Waals surface area contributed by atoms with Crippen molar-refractivity contribution in [2.45, 2.75) is 18.9 Å². The molecule has 6 nitrogen and oxygen atoms in total. The normalized spacial score (nSPS) is 24.1. The predicted molar refractivity (Wildman–Crippen MR) is 90.2 cm³/mol. The molecule has 1 saturated carbocycles. The topological polar surface area (TPSA) is 54.3 Å². The first kappa shape index (κ1) is 15.3. The highest BCUT2D eigenvalue weighted by atomic mass is 16.2. The molecule has 126 valence electrons. The van der Waals surface area contributed by atoms with E-state index >= 15 is 0 Å². The first-order valence-electron chi connectivity index (χ1n) is 8.59. The first-order chi connectivity index (χ1) is 11.7. The summed E-state index contributed by atoms with van der Waals surface area (Å²) in [6.45, 7) is 4.44. The number of amides is 1. The van der Waals surface area contributed by atoms with Gasteiger partial charge in [-0.05, 0) is 29.5 Å². The predicted octanol–water partition coefficient (Wildman–Crippen LogP) is 1.26. The average Bonchev–Trinajstić information content (AvgIpc) is 3.30. The molecule has 2 aliphatic rings. The van der Waals surface area contributed by atoms with Crippen LogP contribution in [0.2, 0.25) is 0 Å². The molecule has 4 rings (SSSR count). The number of carbonyl (C=O) groups excluding carboxylic acids is 1. The standard InChI is InChI=1S/C18H23N5O/c1-21-13-15(11-20-21)16-9-17(16)18(24)23-7-5-22(6-8-23)12-14-3-2-4-19-10-14/h2-4,10-11,13,16-17H,5-9,12H2,1H3/t16-,17-/m0/s1. The number of carbonyl (C=O) groups is 1. The molecule has 2 aromatic rings. The number of aryl methyl sites for hydroxylation is 1. The van der Waals surface area contributed by atoms with Gasteiger partial charge >= 0.3 is 0 Å².